The Balaban J connectivity index is 1.66. The van der Waals surface area contributed by atoms with Gasteiger partial charge >= 0.3 is 6.18 Å². The second kappa shape index (κ2) is 10.6. The van der Waals surface area contributed by atoms with Gasteiger partial charge in [-0.3, -0.25) is 9.69 Å². The monoisotopic (exact) mass is 461 g/mol. The highest BCUT2D eigenvalue weighted by atomic mass is 32.2. The molecule has 3 rings (SSSR count). The van der Waals surface area contributed by atoms with Crippen LogP contribution in [0.2, 0.25) is 0 Å². The SMILES string of the molecule is COc1cc(C(F)(F)F)cc(SC)c1C(=O)CCCC1COCC[C@@H]1N1CCC(O)C1. The Morgan fingerprint density at radius 2 is 2.13 bits per heavy atom. The van der Waals surface area contributed by atoms with Gasteiger partial charge in [0.25, 0.3) is 0 Å². The number of carbonyl (C=O) groups is 1. The summed E-state index contributed by atoms with van der Waals surface area (Å²) >= 11 is 1.11. The summed E-state index contributed by atoms with van der Waals surface area (Å²) in [5.41, 5.74) is -0.595. The van der Waals surface area contributed by atoms with Gasteiger partial charge in [-0.2, -0.15) is 13.2 Å². The van der Waals surface area contributed by atoms with Crippen LogP contribution in [0.25, 0.3) is 0 Å². The number of nitrogens with zero attached hydrogens (tertiary/aromatic N) is 1. The number of Topliss-reactive ketones (excluding diaryl/α,β-unsaturated/α-hetero) is 1. The molecule has 9 heteroatoms. The molecule has 1 aromatic rings. The average molecular weight is 462 g/mol. The fourth-order valence-corrected chi connectivity index (χ4v) is 5.27. The van der Waals surface area contributed by atoms with Gasteiger partial charge in [0.1, 0.15) is 5.75 Å². The fourth-order valence-electron chi connectivity index (χ4n) is 4.61. The second-order valence-electron chi connectivity index (χ2n) is 8.20. The molecule has 0 bridgehead atoms. The van der Waals surface area contributed by atoms with Gasteiger partial charge in [-0.05, 0) is 50.0 Å². The number of methoxy groups -OCH3 is 1. The van der Waals surface area contributed by atoms with Gasteiger partial charge in [0.05, 0.1) is 30.9 Å². The lowest BCUT2D eigenvalue weighted by atomic mass is 9.89. The van der Waals surface area contributed by atoms with E-state index in [2.05, 4.69) is 4.90 Å². The van der Waals surface area contributed by atoms with Gasteiger partial charge in [0.2, 0.25) is 0 Å². The number of hydrogen-bond donors (Lipinski definition) is 1. The first kappa shape index (κ1) is 24.4. The summed E-state index contributed by atoms with van der Waals surface area (Å²) in [5, 5.41) is 9.86. The summed E-state index contributed by atoms with van der Waals surface area (Å²) in [7, 11) is 1.28. The summed E-state index contributed by atoms with van der Waals surface area (Å²) in [5.74, 6) is 0.0373. The third-order valence-electron chi connectivity index (χ3n) is 6.19. The molecule has 2 aliphatic rings. The number of likely N-dealkylation sites (tertiary alicyclic amines) is 1. The van der Waals surface area contributed by atoms with E-state index >= 15 is 0 Å². The molecular weight excluding hydrogens is 431 g/mol. The molecule has 2 fully saturated rings. The lowest BCUT2D eigenvalue weighted by Crippen LogP contribution is -2.45. The van der Waals surface area contributed by atoms with Crippen molar-refractivity contribution < 1.29 is 32.5 Å². The van der Waals surface area contributed by atoms with Crippen molar-refractivity contribution in [3.63, 3.8) is 0 Å². The van der Waals surface area contributed by atoms with Crippen molar-refractivity contribution in [1.29, 1.82) is 0 Å². The highest BCUT2D eigenvalue weighted by Gasteiger charge is 2.35. The Morgan fingerprint density at radius 1 is 1.35 bits per heavy atom. The molecule has 31 heavy (non-hydrogen) atoms. The van der Waals surface area contributed by atoms with Gasteiger partial charge in [0.15, 0.2) is 5.78 Å². The van der Waals surface area contributed by atoms with E-state index in [-0.39, 0.29) is 40.4 Å². The Hall–Kier alpha value is -1.29. The Kier molecular flexibility index (Phi) is 8.29. The molecule has 174 valence electrons. The van der Waals surface area contributed by atoms with Crippen LogP contribution in [0.3, 0.4) is 0 Å². The molecule has 0 aromatic heterocycles. The summed E-state index contributed by atoms with van der Waals surface area (Å²) in [6.07, 6.45) is 0.225. The Labute approximate surface area is 185 Å². The van der Waals surface area contributed by atoms with Crippen LogP contribution in [-0.2, 0) is 10.9 Å². The van der Waals surface area contributed by atoms with Crippen LogP contribution < -0.4 is 4.74 Å². The van der Waals surface area contributed by atoms with E-state index in [0.717, 1.165) is 49.7 Å². The van der Waals surface area contributed by atoms with Gasteiger partial charge in [-0.1, -0.05) is 0 Å². The second-order valence-corrected chi connectivity index (χ2v) is 9.05. The zero-order valence-corrected chi connectivity index (χ0v) is 18.7. The molecule has 2 aliphatic heterocycles. The van der Waals surface area contributed by atoms with Crippen molar-refractivity contribution >= 4 is 17.5 Å². The maximum absolute atomic E-state index is 13.2. The number of halogens is 3. The van der Waals surface area contributed by atoms with Gasteiger partial charge in [0, 0.05) is 37.1 Å². The molecule has 0 radical (unpaired) electrons. The minimum atomic E-state index is -4.50. The van der Waals surface area contributed by atoms with Crippen molar-refractivity contribution in [1.82, 2.24) is 4.90 Å². The number of carbonyl (C=O) groups excluding carboxylic acids is 1. The third kappa shape index (κ3) is 5.94. The number of benzene rings is 1. The zero-order chi connectivity index (χ0) is 22.6. The zero-order valence-electron chi connectivity index (χ0n) is 17.9. The van der Waals surface area contributed by atoms with Crippen LogP contribution in [0, 0.1) is 5.92 Å². The van der Waals surface area contributed by atoms with Crippen LogP contribution in [0.1, 0.15) is 48.0 Å². The number of ketones is 1. The first-order valence-electron chi connectivity index (χ1n) is 10.6. The lowest BCUT2D eigenvalue weighted by Gasteiger charge is -2.38. The highest BCUT2D eigenvalue weighted by molar-refractivity contribution is 7.98. The number of rotatable bonds is 8. The van der Waals surface area contributed by atoms with Crippen LogP contribution in [-0.4, -0.2) is 67.6 Å². The fraction of sp³-hybridized carbons (Fsp3) is 0.682. The van der Waals surface area contributed by atoms with Crippen LogP contribution in [0.15, 0.2) is 17.0 Å². The van der Waals surface area contributed by atoms with E-state index < -0.39 is 11.7 Å². The topological polar surface area (TPSA) is 59.0 Å². The molecule has 2 heterocycles. The predicted octanol–water partition coefficient (Wildman–Crippen LogP) is 4.26. The molecule has 1 N–H and O–H groups in total. The van der Waals surface area contributed by atoms with E-state index in [1.165, 1.54) is 7.11 Å². The molecule has 2 unspecified atom stereocenters. The molecule has 0 spiro atoms. The third-order valence-corrected chi connectivity index (χ3v) is 6.95. The maximum atomic E-state index is 13.2. The molecule has 1 aromatic carbocycles. The number of β-amino-alcohol motifs (C(OH)–C–C–N with tert-alkyl or cyclic N) is 1. The van der Waals surface area contributed by atoms with Crippen molar-refractivity contribution in [2.45, 2.75) is 55.3 Å². The van der Waals surface area contributed by atoms with Crippen molar-refractivity contribution in [2.24, 2.45) is 5.92 Å². The summed E-state index contributed by atoms with van der Waals surface area (Å²) in [6, 6.07) is 2.25. The summed E-state index contributed by atoms with van der Waals surface area (Å²) in [6.45, 7) is 2.89. The minimum absolute atomic E-state index is 0.0332. The predicted molar refractivity (Wildman–Crippen MR) is 113 cm³/mol. The van der Waals surface area contributed by atoms with Crippen molar-refractivity contribution in [2.75, 3.05) is 39.7 Å². The highest BCUT2D eigenvalue weighted by Crippen LogP contribution is 2.39. The number of thioether (sulfide) groups is 1. The molecule has 0 amide bonds. The summed E-state index contributed by atoms with van der Waals surface area (Å²) < 4.78 is 50.3. The molecular formula is C22H30F3NO4S. The average Bonchev–Trinajstić information content (AvgIpc) is 3.18. The maximum Gasteiger partial charge on any atom is 0.416 e. The van der Waals surface area contributed by atoms with Crippen LogP contribution in [0.5, 0.6) is 5.75 Å². The van der Waals surface area contributed by atoms with Crippen molar-refractivity contribution in [3.05, 3.63) is 23.3 Å². The molecule has 3 atom stereocenters. The minimum Gasteiger partial charge on any atom is -0.496 e. The first-order valence-corrected chi connectivity index (χ1v) is 11.8. The molecule has 0 saturated carbocycles. The van der Waals surface area contributed by atoms with E-state index in [0.29, 0.717) is 32.2 Å². The lowest BCUT2D eigenvalue weighted by molar-refractivity contribution is -0.137. The molecule has 2 saturated heterocycles. The number of alkyl halides is 3. The van der Waals surface area contributed by atoms with E-state index in [9.17, 15) is 23.1 Å². The molecule has 5 nitrogen and oxygen atoms in total. The van der Waals surface area contributed by atoms with Crippen molar-refractivity contribution in [3.8, 4) is 5.75 Å². The summed E-state index contributed by atoms with van der Waals surface area (Å²) in [4.78, 5) is 15.5. The van der Waals surface area contributed by atoms with Gasteiger partial charge in [-0.25, -0.2) is 0 Å². The van der Waals surface area contributed by atoms with Gasteiger partial charge in [-0.15, -0.1) is 11.8 Å². The Morgan fingerprint density at radius 3 is 2.74 bits per heavy atom. The standard InChI is InChI=1S/C22H30F3NO4S/c1-29-19-10-15(22(23,24)25)11-20(31-2)21(19)18(28)5-3-4-14-13-30-9-7-17(14)26-8-6-16(27)12-26/h10-11,14,16-17,27H,3-9,12-13H2,1-2H3/t14?,16?,17-/m0/s1. The number of aliphatic hydroxyl groups excluding tert-OH is 1. The number of hydrogen-bond acceptors (Lipinski definition) is 6. The normalized spacial score (nSPS) is 25.0. The molecule has 0 aliphatic carbocycles. The quantitative estimate of drug-likeness (QED) is 0.461. The van der Waals surface area contributed by atoms with E-state index in [1.807, 2.05) is 0 Å². The van der Waals surface area contributed by atoms with E-state index in [4.69, 9.17) is 9.47 Å². The van der Waals surface area contributed by atoms with Crippen LogP contribution in [0.4, 0.5) is 13.2 Å². The van der Waals surface area contributed by atoms with Gasteiger partial charge < -0.3 is 14.6 Å². The Bertz CT molecular complexity index is 749. The van der Waals surface area contributed by atoms with E-state index in [1.54, 1.807) is 6.26 Å². The smallest absolute Gasteiger partial charge is 0.416 e. The largest absolute Gasteiger partial charge is 0.496 e. The number of aliphatic hydroxyl groups is 1. The van der Waals surface area contributed by atoms with Crippen LogP contribution >= 0.6 is 11.8 Å². The first-order chi connectivity index (χ1) is 14.7. The number of ether oxygens (including phenoxy) is 2.